The van der Waals surface area contributed by atoms with Gasteiger partial charge in [-0.1, -0.05) is 0 Å². The Morgan fingerprint density at radius 3 is 2.43 bits per heavy atom. The number of pyridine rings is 1. The van der Waals surface area contributed by atoms with Crippen LogP contribution in [0.1, 0.15) is 32.3 Å². The molecular weight excluding hydrogens is 479 g/mol. The van der Waals surface area contributed by atoms with E-state index in [0.717, 1.165) is 11.1 Å². The predicted molar refractivity (Wildman–Crippen MR) is 138 cm³/mol. The molecule has 0 unspecified atom stereocenters. The van der Waals surface area contributed by atoms with Crippen LogP contribution in [0.5, 0.6) is 5.75 Å². The van der Waals surface area contributed by atoms with Crippen molar-refractivity contribution in [2.45, 2.75) is 46.3 Å². The van der Waals surface area contributed by atoms with Gasteiger partial charge in [0.15, 0.2) is 5.65 Å². The summed E-state index contributed by atoms with van der Waals surface area (Å²) in [6.07, 6.45) is 0.132. The molecule has 10 nitrogen and oxygen atoms in total. The number of carbonyl (C=O) groups excluding carboxylic acids is 2. The number of aryl methyl sites for hydroxylation is 2. The topological polar surface area (TPSA) is 102 Å². The summed E-state index contributed by atoms with van der Waals surface area (Å²) in [5.74, 6) is 0.290. The highest BCUT2D eigenvalue weighted by Gasteiger charge is 2.23. The zero-order valence-corrected chi connectivity index (χ0v) is 21.5. The third-order valence-electron chi connectivity index (χ3n) is 6.69. The Hall–Kier alpha value is -3.73. The van der Waals surface area contributed by atoms with Gasteiger partial charge in [-0.3, -0.25) is 23.6 Å². The van der Waals surface area contributed by atoms with Crippen LogP contribution in [0.3, 0.4) is 0 Å². The van der Waals surface area contributed by atoms with Crippen molar-refractivity contribution in [2.24, 2.45) is 0 Å². The molecule has 0 radical (unpaired) electrons. The minimum Gasteiger partial charge on any atom is -0.496 e. The van der Waals surface area contributed by atoms with Crippen LogP contribution in [0, 0.1) is 5.82 Å². The van der Waals surface area contributed by atoms with Crippen LogP contribution in [0.4, 0.5) is 10.2 Å². The van der Waals surface area contributed by atoms with E-state index < -0.39 is 0 Å². The molecule has 37 heavy (non-hydrogen) atoms. The molecule has 1 aliphatic heterocycles. The number of benzene rings is 1. The van der Waals surface area contributed by atoms with Gasteiger partial charge in [0.05, 0.1) is 12.6 Å². The molecule has 4 rings (SSSR count). The number of fused-ring (bicyclic) bond motifs is 1. The Morgan fingerprint density at radius 1 is 1.03 bits per heavy atom. The van der Waals surface area contributed by atoms with Crippen LogP contribution in [0.15, 0.2) is 35.1 Å². The Kier molecular flexibility index (Phi) is 8.22. The van der Waals surface area contributed by atoms with Gasteiger partial charge in [-0.15, -0.1) is 0 Å². The SMILES string of the molecule is CCn1c(=O)n(CC)c2nc(NC(=O)CCC(=O)N3CCN(Cc4cc(F)ccc4OC)CC3)ccc21. The molecule has 3 heterocycles. The van der Waals surface area contributed by atoms with E-state index in [2.05, 4.69) is 15.2 Å². The predicted octanol–water partition coefficient (Wildman–Crippen LogP) is 2.45. The van der Waals surface area contributed by atoms with Gasteiger partial charge < -0.3 is 15.0 Å². The number of imidazole rings is 1. The van der Waals surface area contributed by atoms with Crippen molar-refractivity contribution < 1.29 is 18.7 Å². The molecule has 0 spiro atoms. The van der Waals surface area contributed by atoms with Crippen LogP contribution >= 0.6 is 0 Å². The van der Waals surface area contributed by atoms with E-state index >= 15 is 0 Å². The van der Waals surface area contributed by atoms with Crippen LogP contribution < -0.4 is 15.7 Å². The number of hydrogen-bond donors (Lipinski definition) is 1. The molecule has 3 aromatic rings. The molecule has 1 fully saturated rings. The zero-order valence-electron chi connectivity index (χ0n) is 21.5. The first-order chi connectivity index (χ1) is 17.8. The minimum atomic E-state index is -0.308. The summed E-state index contributed by atoms with van der Waals surface area (Å²) in [4.78, 5) is 46.1. The summed E-state index contributed by atoms with van der Waals surface area (Å²) < 4.78 is 22.2. The summed E-state index contributed by atoms with van der Waals surface area (Å²) in [5, 5.41) is 2.74. The summed E-state index contributed by atoms with van der Waals surface area (Å²) in [6.45, 7) is 7.70. The molecule has 1 aliphatic rings. The van der Waals surface area contributed by atoms with Gasteiger partial charge in [0.1, 0.15) is 17.4 Å². The van der Waals surface area contributed by atoms with Crippen LogP contribution in [-0.2, 0) is 29.2 Å². The van der Waals surface area contributed by atoms with Gasteiger partial charge in [-0.25, -0.2) is 14.2 Å². The third kappa shape index (κ3) is 5.82. The number of aromatic nitrogens is 3. The van der Waals surface area contributed by atoms with Gasteiger partial charge in [-0.05, 0) is 44.2 Å². The Labute approximate surface area is 214 Å². The maximum Gasteiger partial charge on any atom is 0.330 e. The van der Waals surface area contributed by atoms with Crippen molar-refractivity contribution in [3.8, 4) is 5.75 Å². The summed E-state index contributed by atoms with van der Waals surface area (Å²) in [6, 6.07) is 7.91. The minimum absolute atomic E-state index is 0.0375. The number of nitrogens with one attached hydrogen (secondary N) is 1. The van der Waals surface area contributed by atoms with E-state index in [-0.39, 0.29) is 36.2 Å². The number of nitrogens with zero attached hydrogens (tertiary/aromatic N) is 5. The Bertz CT molecular complexity index is 1340. The van der Waals surface area contributed by atoms with E-state index in [9.17, 15) is 18.8 Å². The largest absolute Gasteiger partial charge is 0.496 e. The molecule has 1 saturated heterocycles. The monoisotopic (exact) mass is 512 g/mol. The summed E-state index contributed by atoms with van der Waals surface area (Å²) >= 11 is 0. The fourth-order valence-corrected chi connectivity index (χ4v) is 4.70. The maximum absolute atomic E-state index is 13.6. The van der Waals surface area contributed by atoms with Gasteiger partial charge in [-0.2, -0.15) is 0 Å². The maximum atomic E-state index is 13.6. The van der Waals surface area contributed by atoms with Crippen LogP contribution in [0.25, 0.3) is 11.2 Å². The second kappa shape index (κ2) is 11.5. The van der Waals surface area contributed by atoms with Crippen LogP contribution in [-0.4, -0.2) is 69.0 Å². The number of amides is 2. The van der Waals surface area contributed by atoms with Crippen molar-refractivity contribution >= 4 is 28.8 Å². The normalized spacial score (nSPS) is 14.2. The molecule has 11 heteroatoms. The second-order valence-corrected chi connectivity index (χ2v) is 8.97. The number of piperazine rings is 1. The second-order valence-electron chi connectivity index (χ2n) is 8.97. The molecule has 0 saturated carbocycles. The number of hydrogen-bond acceptors (Lipinski definition) is 6. The molecule has 2 amide bonds. The van der Waals surface area contributed by atoms with E-state index in [1.165, 1.54) is 12.1 Å². The number of halogens is 1. The van der Waals surface area contributed by atoms with E-state index in [1.54, 1.807) is 39.3 Å². The fraction of sp³-hybridized carbons (Fsp3) is 0.462. The zero-order chi connectivity index (χ0) is 26.5. The highest BCUT2D eigenvalue weighted by Crippen LogP contribution is 2.22. The van der Waals surface area contributed by atoms with E-state index in [4.69, 9.17) is 4.74 Å². The first-order valence-electron chi connectivity index (χ1n) is 12.6. The first kappa shape index (κ1) is 26.3. The molecule has 1 aromatic carbocycles. The Balaban J connectivity index is 1.27. The summed E-state index contributed by atoms with van der Waals surface area (Å²) in [7, 11) is 1.56. The quantitative estimate of drug-likeness (QED) is 0.473. The van der Waals surface area contributed by atoms with Crippen molar-refractivity contribution in [3.05, 3.63) is 52.2 Å². The van der Waals surface area contributed by atoms with Crippen molar-refractivity contribution in [1.29, 1.82) is 0 Å². The highest BCUT2D eigenvalue weighted by atomic mass is 19.1. The smallest absolute Gasteiger partial charge is 0.330 e. The molecule has 0 bridgehead atoms. The number of methoxy groups -OCH3 is 1. The number of anilines is 1. The summed E-state index contributed by atoms with van der Waals surface area (Å²) in [5.41, 5.74) is 1.89. The van der Waals surface area contributed by atoms with Crippen molar-refractivity contribution in [2.75, 3.05) is 38.6 Å². The lowest BCUT2D eigenvalue weighted by atomic mass is 10.1. The average Bonchev–Trinajstić information content (AvgIpc) is 3.17. The van der Waals surface area contributed by atoms with Crippen molar-refractivity contribution in [1.82, 2.24) is 23.9 Å². The van der Waals surface area contributed by atoms with Crippen molar-refractivity contribution in [3.63, 3.8) is 0 Å². The number of rotatable bonds is 9. The van der Waals surface area contributed by atoms with Gasteiger partial charge in [0.25, 0.3) is 0 Å². The molecule has 1 N–H and O–H groups in total. The lowest BCUT2D eigenvalue weighted by Crippen LogP contribution is -2.48. The number of carbonyl (C=O) groups is 2. The first-order valence-corrected chi connectivity index (χ1v) is 12.6. The van der Waals surface area contributed by atoms with E-state index in [1.807, 2.05) is 13.8 Å². The van der Waals surface area contributed by atoms with Gasteiger partial charge in [0.2, 0.25) is 11.8 Å². The average molecular weight is 513 g/mol. The Morgan fingerprint density at radius 2 is 1.76 bits per heavy atom. The molecular formula is C26H33FN6O4. The molecule has 0 atom stereocenters. The molecule has 198 valence electrons. The van der Waals surface area contributed by atoms with E-state index in [0.29, 0.717) is 63.0 Å². The van der Waals surface area contributed by atoms with Crippen LogP contribution in [0.2, 0.25) is 0 Å². The lowest BCUT2D eigenvalue weighted by molar-refractivity contribution is -0.134. The van der Waals surface area contributed by atoms with Gasteiger partial charge in [0, 0.05) is 64.2 Å². The fourth-order valence-electron chi connectivity index (χ4n) is 4.70. The lowest BCUT2D eigenvalue weighted by Gasteiger charge is -2.35. The molecule has 0 aliphatic carbocycles. The standard InChI is InChI=1S/C26H33FN6O4/c1-4-32-20-7-9-22(29-25(20)33(5-2)26(32)36)28-23(34)10-11-24(35)31-14-12-30(13-15-31)17-18-16-19(27)6-8-21(18)37-3/h6-9,16H,4-5,10-15,17H2,1-3H3,(H,28,29,34). The highest BCUT2D eigenvalue weighted by molar-refractivity contribution is 5.93. The number of ether oxygens (including phenoxy) is 1. The third-order valence-corrected chi connectivity index (χ3v) is 6.69. The molecule has 2 aromatic heterocycles. The van der Waals surface area contributed by atoms with Gasteiger partial charge >= 0.3 is 5.69 Å².